The lowest BCUT2D eigenvalue weighted by Crippen LogP contribution is -2.48. The van der Waals surface area contributed by atoms with Crippen molar-refractivity contribution in [3.63, 3.8) is 0 Å². The molecule has 0 aromatic rings. The third kappa shape index (κ3) is 5.65. The number of ether oxygens (including phenoxy) is 2. The minimum Gasteiger partial charge on any atom is -0.380 e. The summed E-state index contributed by atoms with van der Waals surface area (Å²) in [6.45, 7) is 8.14. The largest absolute Gasteiger partial charge is 0.380 e. The summed E-state index contributed by atoms with van der Waals surface area (Å²) in [6.07, 6.45) is 1.64. The summed E-state index contributed by atoms with van der Waals surface area (Å²) < 4.78 is 37.4. The summed E-state index contributed by atoms with van der Waals surface area (Å²) in [7, 11) is -3.27. The molecular formula is C13H28N2O4S. The van der Waals surface area contributed by atoms with Gasteiger partial charge in [-0.1, -0.05) is 0 Å². The van der Waals surface area contributed by atoms with Crippen LogP contribution in [0, 0.1) is 0 Å². The van der Waals surface area contributed by atoms with Crippen molar-refractivity contribution in [1.29, 1.82) is 0 Å². The lowest BCUT2D eigenvalue weighted by Gasteiger charge is -2.30. The minimum atomic E-state index is -3.27. The highest BCUT2D eigenvalue weighted by molar-refractivity contribution is 7.89. The molecule has 0 saturated carbocycles. The number of sulfonamides is 1. The van der Waals surface area contributed by atoms with Gasteiger partial charge in [0.05, 0.1) is 18.5 Å². The van der Waals surface area contributed by atoms with Crippen LogP contribution >= 0.6 is 0 Å². The Kier molecular flexibility index (Phi) is 8.63. The SMILES string of the molecule is CCOCCN(CCOCC)S(=O)(=O)C1CCCNC1. The highest BCUT2D eigenvalue weighted by Gasteiger charge is 2.32. The van der Waals surface area contributed by atoms with Gasteiger partial charge in [0.2, 0.25) is 10.0 Å². The Bertz CT molecular complexity index is 332. The smallest absolute Gasteiger partial charge is 0.218 e. The van der Waals surface area contributed by atoms with E-state index in [-0.39, 0.29) is 5.25 Å². The van der Waals surface area contributed by atoms with E-state index in [9.17, 15) is 8.42 Å². The molecule has 1 saturated heterocycles. The average molecular weight is 308 g/mol. The fourth-order valence-corrected chi connectivity index (χ4v) is 4.15. The van der Waals surface area contributed by atoms with Crippen molar-refractivity contribution in [2.45, 2.75) is 31.9 Å². The quantitative estimate of drug-likeness (QED) is 0.593. The molecule has 1 aliphatic rings. The Balaban J connectivity index is 2.61. The molecule has 7 heteroatoms. The molecule has 1 aliphatic heterocycles. The normalized spacial score (nSPS) is 20.4. The lowest BCUT2D eigenvalue weighted by molar-refractivity contribution is 0.110. The van der Waals surface area contributed by atoms with Gasteiger partial charge in [-0.2, -0.15) is 4.31 Å². The zero-order chi connectivity index (χ0) is 14.8. The molecule has 0 bridgehead atoms. The number of nitrogens with zero attached hydrogens (tertiary/aromatic N) is 1. The van der Waals surface area contributed by atoms with Crippen LogP contribution in [0.5, 0.6) is 0 Å². The minimum absolute atomic E-state index is 0.320. The number of hydrogen-bond acceptors (Lipinski definition) is 5. The van der Waals surface area contributed by atoms with E-state index in [0.29, 0.717) is 46.1 Å². The molecule has 0 aliphatic carbocycles. The van der Waals surface area contributed by atoms with Gasteiger partial charge >= 0.3 is 0 Å². The van der Waals surface area contributed by atoms with E-state index in [1.165, 1.54) is 4.31 Å². The number of nitrogens with one attached hydrogen (secondary N) is 1. The molecule has 1 unspecified atom stereocenters. The highest BCUT2D eigenvalue weighted by atomic mass is 32.2. The Hall–Kier alpha value is -0.210. The maximum atomic E-state index is 12.6. The maximum absolute atomic E-state index is 12.6. The lowest BCUT2D eigenvalue weighted by atomic mass is 10.2. The average Bonchev–Trinajstić information content (AvgIpc) is 2.47. The Morgan fingerprint density at radius 1 is 1.15 bits per heavy atom. The van der Waals surface area contributed by atoms with Gasteiger partial charge < -0.3 is 14.8 Å². The Morgan fingerprint density at radius 2 is 1.75 bits per heavy atom. The second kappa shape index (κ2) is 9.68. The van der Waals surface area contributed by atoms with Crippen LogP contribution in [-0.2, 0) is 19.5 Å². The summed E-state index contributed by atoms with van der Waals surface area (Å²) in [4.78, 5) is 0. The van der Waals surface area contributed by atoms with Crippen molar-refractivity contribution in [3.05, 3.63) is 0 Å². The molecule has 0 amide bonds. The molecule has 1 rings (SSSR count). The van der Waals surface area contributed by atoms with E-state index in [0.717, 1.165) is 19.4 Å². The van der Waals surface area contributed by atoms with Gasteiger partial charge in [-0.15, -0.1) is 0 Å². The fraction of sp³-hybridized carbons (Fsp3) is 1.00. The summed E-state index contributed by atoms with van der Waals surface area (Å²) in [5.41, 5.74) is 0. The number of hydrogen-bond donors (Lipinski definition) is 1. The predicted molar refractivity (Wildman–Crippen MR) is 79.4 cm³/mol. The second-order valence-electron chi connectivity index (χ2n) is 4.81. The molecule has 0 aromatic heterocycles. The van der Waals surface area contributed by atoms with Crippen molar-refractivity contribution in [3.8, 4) is 0 Å². The molecular weight excluding hydrogens is 280 g/mol. The molecule has 1 fully saturated rings. The molecule has 0 radical (unpaired) electrons. The van der Waals surface area contributed by atoms with Crippen LogP contribution < -0.4 is 5.32 Å². The third-order valence-electron chi connectivity index (χ3n) is 3.41. The fourth-order valence-electron chi connectivity index (χ4n) is 2.27. The first-order valence-electron chi connectivity index (χ1n) is 7.48. The second-order valence-corrected chi connectivity index (χ2v) is 7.02. The van der Waals surface area contributed by atoms with E-state index in [4.69, 9.17) is 9.47 Å². The Labute approximate surface area is 122 Å². The molecule has 1 atom stereocenters. The van der Waals surface area contributed by atoms with E-state index < -0.39 is 10.0 Å². The van der Waals surface area contributed by atoms with Crippen LogP contribution in [-0.4, -0.2) is 70.6 Å². The molecule has 6 nitrogen and oxygen atoms in total. The van der Waals surface area contributed by atoms with E-state index in [2.05, 4.69) is 5.32 Å². The summed E-state index contributed by atoms with van der Waals surface area (Å²) in [5, 5.41) is 2.84. The van der Waals surface area contributed by atoms with Crippen LogP contribution in [0.4, 0.5) is 0 Å². The zero-order valence-electron chi connectivity index (χ0n) is 12.6. The van der Waals surface area contributed by atoms with Crippen molar-refractivity contribution in [2.75, 3.05) is 52.6 Å². The first-order valence-corrected chi connectivity index (χ1v) is 8.98. The topological polar surface area (TPSA) is 67.9 Å². The molecule has 0 spiro atoms. The van der Waals surface area contributed by atoms with Gasteiger partial charge in [0.25, 0.3) is 0 Å². The van der Waals surface area contributed by atoms with E-state index >= 15 is 0 Å². The number of rotatable bonds is 10. The zero-order valence-corrected chi connectivity index (χ0v) is 13.5. The van der Waals surface area contributed by atoms with Gasteiger partial charge in [-0.05, 0) is 33.2 Å². The molecule has 120 valence electrons. The van der Waals surface area contributed by atoms with Crippen LogP contribution in [0.15, 0.2) is 0 Å². The van der Waals surface area contributed by atoms with Gasteiger partial charge in [-0.25, -0.2) is 8.42 Å². The van der Waals surface area contributed by atoms with Gasteiger partial charge in [-0.3, -0.25) is 0 Å². The molecule has 0 aromatic carbocycles. The monoisotopic (exact) mass is 308 g/mol. The summed E-state index contributed by atoms with van der Waals surface area (Å²) in [6, 6.07) is 0. The first kappa shape index (κ1) is 17.8. The standard InChI is InChI=1S/C13H28N2O4S/c1-3-18-10-8-15(9-11-19-4-2)20(16,17)13-6-5-7-14-12-13/h13-14H,3-12H2,1-2H3. The van der Waals surface area contributed by atoms with Crippen molar-refractivity contribution >= 4 is 10.0 Å². The van der Waals surface area contributed by atoms with Crippen LogP contribution in [0.25, 0.3) is 0 Å². The van der Waals surface area contributed by atoms with Gasteiger partial charge in [0.1, 0.15) is 0 Å². The van der Waals surface area contributed by atoms with Crippen molar-refractivity contribution < 1.29 is 17.9 Å². The molecule has 20 heavy (non-hydrogen) atoms. The molecule has 1 heterocycles. The molecule has 1 N–H and O–H groups in total. The van der Waals surface area contributed by atoms with Crippen LogP contribution in [0.3, 0.4) is 0 Å². The first-order chi connectivity index (χ1) is 9.62. The highest BCUT2D eigenvalue weighted by Crippen LogP contribution is 2.16. The number of piperidine rings is 1. The van der Waals surface area contributed by atoms with Crippen molar-refractivity contribution in [1.82, 2.24) is 9.62 Å². The summed E-state index contributed by atoms with van der Waals surface area (Å²) in [5.74, 6) is 0. The van der Waals surface area contributed by atoms with Gasteiger partial charge in [0.15, 0.2) is 0 Å². The van der Waals surface area contributed by atoms with Gasteiger partial charge in [0, 0.05) is 32.8 Å². The van der Waals surface area contributed by atoms with E-state index in [1.54, 1.807) is 0 Å². The van der Waals surface area contributed by atoms with Crippen LogP contribution in [0.1, 0.15) is 26.7 Å². The van der Waals surface area contributed by atoms with Crippen LogP contribution in [0.2, 0.25) is 0 Å². The Morgan fingerprint density at radius 3 is 2.20 bits per heavy atom. The third-order valence-corrected chi connectivity index (χ3v) is 5.74. The summed E-state index contributed by atoms with van der Waals surface area (Å²) >= 11 is 0. The van der Waals surface area contributed by atoms with Crippen molar-refractivity contribution in [2.24, 2.45) is 0 Å². The van der Waals surface area contributed by atoms with E-state index in [1.807, 2.05) is 13.8 Å². The maximum Gasteiger partial charge on any atom is 0.218 e. The predicted octanol–water partition coefficient (Wildman–Crippen LogP) is 0.443.